The maximum atomic E-state index is 12.4. The van der Waals surface area contributed by atoms with Gasteiger partial charge in [-0.2, -0.15) is 0 Å². The van der Waals surface area contributed by atoms with E-state index in [1.54, 1.807) is 0 Å². The summed E-state index contributed by atoms with van der Waals surface area (Å²) in [5, 5.41) is 12.9. The Hall–Kier alpha value is -0.610. The highest BCUT2D eigenvalue weighted by molar-refractivity contribution is 5.79. The summed E-state index contributed by atoms with van der Waals surface area (Å²) >= 11 is 0. The van der Waals surface area contributed by atoms with Crippen LogP contribution in [0.2, 0.25) is 0 Å². The lowest BCUT2D eigenvalue weighted by atomic mass is 9.87. The molecule has 1 heterocycles. The van der Waals surface area contributed by atoms with Crippen molar-refractivity contribution in [3.8, 4) is 0 Å². The summed E-state index contributed by atoms with van der Waals surface area (Å²) in [5.41, 5.74) is 0. The molecule has 0 spiro atoms. The van der Waals surface area contributed by atoms with Crippen LogP contribution < -0.4 is 5.32 Å². The lowest BCUT2D eigenvalue weighted by Gasteiger charge is -2.31. The molecule has 4 nitrogen and oxygen atoms in total. The van der Waals surface area contributed by atoms with Gasteiger partial charge in [0.1, 0.15) is 0 Å². The van der Waals surface area contributed by atoms with E-state index in [-0.39, 0.29) is 17.9 Å². The molecule has 2 N–H and O–H groups in total. The summed E-state index contributed by atoms with van der Waals surface area (Å²) in [5.74, 6) is 0.914. The molecule has 0 aromatic carbocycles. The van der Waals surface area contributed by atoms with Crippen molar-refractivity contribution in [3.05, 3.63) is 0 Å². The molecule has 0 aromatic heterocycles. The van der Waals surface area contributed by atoms with Crippen molar-refractivity contribution < 1.29 is 9.90 Å². The normalized spacial score (nSPS) is 34.7. The summed E-state index contributed by atoms with van der Waals surface area (Å²) in [6.07, 6.45) is 11.7. The molecule has 3 unspecified atom stereocenters. The molecule has 0 radical (unpaired) electrons. The highest BCUT2D eigenvalue weighted by Gasteiger charge is 2.33. The lowest BCUT2D eigenvalue weighted by molar-refractivity contribution is -0.125. The van der Waals surface area contributed by atoms with Gasteiger partial charge in [0.15, 0.2) is 0 Å². The van der Waals surface area contributed by atoms with Gasteiger partial charge in [-0.3, -0.25) is 9.69 Å². The molecule has 1 saturated heterocycles. The number of nitrogens with one attached hydrogen (secondary N) is 1. The Kier molecular flexibility index (Phi) is 5.75. The first-order valence-corrected chi connectivity index (χ1v) is 9.42. The first kappa shape index (κ1) is 16.3. The second kappa shape index (κ2) is 7.78. The molecule has 1 aliphatic heterocycles. The van der Waals surface area contributed by atoms with E-state index < -0.39 is 0 Å². The topological polar surface area (TPSA) is 52.6 Å². The average molecular weight is 308 g/mol. The largest absolute Gasteiger partial charge is 0.393 e. The van der Waals surface area contributed by atoms with E-state index in [0.29, 0.717) is 5.92 Å². The Morgan fingerprint density at radius 2 is 1.86 bits per heavy atom. The number of aliphatic hydroxyl groups excluding tert-OH is 1. The number of carbonyl (C=O) groups is 1. The molecule has 4 heteroatoms. The Balaban J connectivity index is 1.39. The first-order chi connectivity index (χ1) is 10.7. The van der Waals surface area contributed by atoms with Crippen LogP contribution in [0.25, 0.3) is 0 Å². The molecule has 3 atom stereocenters. The maximum Gasteiger partial charge on any atom is 0.224 e. The number of rotatable bonds is 4. The third kappa shape index (κ3) is 4.23. The molecule has 3 rings (SSSR count). The Morgan fingerprint density at radius 1 is 1.05 bits per heavy atom. The van der Waals surface area contributed by atoms with Gasteiger partial charge in [-0.05, 0) is 51.0 Å². The van der Waals surface area contributed by atoms with Crippen LogP contribution in [0.15, 0.2) is 0 Å². The van der Waals surface area contributed by atoms with E-state index in [4.69, 9.17) is 0 Å². The fourth-order valence-corrected chi connectivity index (χ4v) is 4.62. The zero-order valence-corrected chi connectivity index (χ0v) is 13.8. The minimum atomic E-state index is -0.149. The summed E-state index contributed by atoms with van der Waals surface area (Å²) < 4.78 is 0. The smallest absolute Gasteiger partial charge is 0.224 e. The van der Waals surface area contributed by atoms with Crippen LogP contribution in [-0.2, 0) is 4.79 Å². The maximum absolute atomic E-state index is 12.4. The van der Waals surface area contributed by atoms with Crippen molar-refractivity contribution >= 4 is 5.91 Å². The highest BCUT2D eigenvalue weighted by Crippen LogP contribution is 2.28. The Bertz CT molecular complexity index is 368. The number of carbonyl (C=O) groups excluding carboxylic acids is 1. The monoisotopic (exact) mass is 308 g/mol. The standard InChI is InChI=1S/C18H32N2O2/c21-17-8-4-5-14(11-17)12-19-18(22)15-9-10-20(13-15)16-6-2-1-3-7-16/h14-17,21H,1-13H2,(H,19,22). The third-order valence-electron chi connectivity index (χ3n) is 6.00. The molecule has 1 amide bonds. The lowest BCUT2D eigenvalue weighted by Crippen LogP contribution is -2.39. The molecule has 3 fully saturated rings. The predicted molar refractivity (Wildman–Crippen MR) is 87.5 cm³/mol. The second-order valence-electron chi connectivity index (χ2n) is 7.70. The molecule has 2 saturated carbocycles. The van der Waals surface area contributed by atoms with Crippen molar-refractivity contribution in [2.75, 3.05) is 19.6 Å². The Morgan fingerprint density at radius 3 is 2.64 bits per heavy atom. The third-order valence-corrected chi connectivity index (χ3v) is 6.00. The van der Waals surface area contributed by atoms with Gasteiger partial charge >= 0.3 is 0 Å². The fraction of sp³-hybridized carbons (Fsp3) is 0.944. The molecule has 126 valence electrons. The van der Waals surface area contributed by atoms with E-state index in [1.807, 2.05) is 0 Å². The van der Waals surface area contributed by atoms with Crippen molar-refractivity contribution in [3.63, 3.8) is 0 Å². The Labute approximate surface area is 134 Å². The van der Waals surface area contributed by atoms with Gasteiger partial charge in [-0.15, -0.1) is 0 Å². The summed E-state index contributed by atoms with van der Waals surface area (Å²) in [7, 11) is 0. The number of aliphatic hydroxyl groups is 1. The van der Waals surface area contributed by atoms with Crippen LogP contribution in [0.5, 0.6) is 0 Å². The van der Waals surface area contributed by atoms with Crippen LogP contribution in [-0.4, -0.2) is 47.7 Å². The van der Waals surface area contributed by atoms with Crippen molar-refractivity contribution in [2.24, 2.45) is 11.8 Å². The van der Waals surface area contributed by atoms with Crippen LogP contribution in [0.4, 0.5) is 0 Å². The van der Waals surface area contributed by atoms with Crippen LogP contribution in [0.1, 0.15) is 64.2 Å². The van der Waals surface area contributed by atoms with Crippen LogP contribution in [0.3, 0.4) is 0 Å². The van der Waals surface area contributed by atoms with Crippen molar-refractivity contribution in [1.29, 1.82) is 0 Å². The van der Waals surface area contributed by atoms with E-state index in [0.717, 1.165) is 57.8 Å². The average Bonchev–Trinajstić information content (AvgIpc) is 3.04. The molecule has 3 aliphatic rings. The van der Waals surface area contributed by atoms with E-state index in [1.165, 1.54) is 32.1 Å². The second-order valence-corrected chi connectivity index (χ2v) is 7.70. The summed E-state index contributed by atoms with van der Waals surface area (Å²) in [4.78, 5) is 15.0. The molecule has 0 bridgehead atoms. The fourth-order valence-electron chi connectivity index (χ4n) is 4.62. The van der Waals surface area contributed by atoms with Gasteiger partial charge < -0.3 is 10.4 Å². The van der Waals surface area contributed by atoms with E-state index >= 15 is 0 Å². The summed E-state index contributed by atoms with van der Waals surface area (Å²) in [6.45, 7) is 2.82. The van der Waals surface area contributed by atoms with Crippen LogP contribution in [0, 0.1) is 11.8 Å². The van der Waals surface area contributed by atoms with E-state index in [9.17, 15) is 9.90 Å². The molecule has 2 aliphatic carbocycles. The molecular weight excluding hydrogens is 276 g/mol. The number of hydrogen-bond acceptors (Lipinski definition) is 3. The van der Waals surface area contributed by atoms with Crippen LogP contribution >= 0.6 is 0 Å². The van der Waals surface area contributed by atoms with Gasteiger partial charge in [-0.1, -0.05) is 25.7 Å². The number of likely N-dealkylation sites (tertiary alicyclic amines) is 1. The first-order valence-electron chi connectivity index (χ1n) is 9.42. The molecule has 0 aromatic rings. The van der Waals surface area contributed by atoms with Gasteiger partial charge in [-0.25, -0.2) is 0 Å². The zero-order chi connectivity index (χ0) is 15.4. The minimum Gasteiger partial charge on any atom is -0.393 e. The highest BCUT2D eigenvalue weighted by atomic mass is 16.3. The van der Waals surface area contributed by atoms with Gasteiger partial charge in [0, 0.05) is 19.1 Å². The SMILES string of the molecule is O=C(NCC1CCCC(O)C1)C1CCN(C2CCCCC2)C1. The quantitative estimate of drug-likeness (QED) is 0.838. The number of amides is 1. The minimum absolute atomic E-state index is 0.149. The predicted octanol–water partition coefficient (Wildman–Crippen LogP) is 2.31. The van der Waals surface area contributed by atoms with Crippen molar-refractivity contribution in [2.45, 2.75) is 76.4 Å². The van der Waals surface area contributed by atoms with Gasteiger partial charge in [0.05, 0.1) is 12.0 Å². The van der Waals surface area contributed by atoms with Gasteiger partial charge in [0.25, 0.3) is 0 Å². The van der Waals surface area contributed by atoms with E-state index in [2.05, 4.69) is 10.2 Å². The number of nitrogens with zero attached hydrogens (tertiary/aromatic N) is 1. The molecule has 22 heavy (non-hydrogen) atoms. The number of hydrogen-bond donors (Lipinski definition) is 2. The van der Waals surface area contributed by atoms with Gasteiger partial charge in [0.2, 0.25) is 5.91 Å². The molecular formula is C18H32N2O2. The summed E-state index contributed by atoms with van der Waals surface area (Å²) in [6, 6.07) is 0.736. The van der Waals surface area contributed by atoms with Crippen molar-refractivity contribution in [1.82, 2.24) is 10.2 Å². The zero-order valence-electron chi connectivity index (χ0n) is 13.8.